The summed E-state index contributed by atoms with van der Waals surface area (Å²) < 4.78 is 6.07. The molecule has 0 aromatic carbocycles. The van der Waals surface area contributed by atoms with Crippen LogP contribution in [-0.4, -0.2) is 27.8 Å². The summed E-state index contributed by atoms with van der Waals surface area (Å²) in [5.41, 5.74) is 7.07. The van der Waals surface area contributed by atoms with Gasteiger partial charge >= 0.3 is 5.97 Å². The van der Waals surface area contributed by atoms with Crippen LogP contribution in [-0.2, 0) is 11.2 Å². The topological polar surface area (TPSA) is 83.0 Å². The quantitative estimate of drug-likeness (QED) is 0.831. The van der Waals surface area contributed by atoms with Crippen LogP contribution in [0.3, 0.4) is 0 Å². The smallest absolute Gasteiger partial charge is 0.360 e. The number of hydrogen-bond acceptors (Lipinski definition) is 6. The highest BCUT2D eigenvalue weighted by Gasteiger charge is 2.16. The van der Waals surface area contributed by atoms with Crippen molar-refractivity contribution >= 4 is 23.0 Å². The van der Waals surface area contributed by atoms with E-state index in [0.29, 0.717) is 5.13 Å². The van der Waals surface area contributed by atoms with Crippen LogP contribution < -0.4 is 5.73 Å². The molecule has 0 fully saturated rings. The van der Waals surface area contributed by atoms with Crippen molar-refractivity contribution in [2.45, 2.75) is 13.3 Å². The van der Waals surface area contributed by atoms with Crippen molar-refractivity contribution in [2.24, 2.45) is 0 Å². The summed E-state index contributed by atoms with van der Waals surface area (Å²) in [5, 5.41) is 6.70. The molecule has 0 unspecified atom stereocenters. The lowest BCUT2D eigenvalue weighted by molar-refractivity contribution is 0.0594. The highest BCUT2D eigenvalue weighted by atomic mass is 32.1. The summed E-state index contributed by atoms with van der Waals surface area (Å²) in [4.78, 5) is 15.7. The summed E-state index contributed by atoms with van der Waals surface area (Å²) in [5.74, 6) is -0.548. The van der Waals surface area contributed by atoms with Crippen molar-refractivity contribution in [1.29, 1.82) is 0 Å². The van der Waals surface area contributed by atoms with Gasteiger partial charge in [-0.1, -0.05) is 6.92 Å². The van der Waals surface area contributed by atoms with Crippen LogP contribution in [0.1, 0.15) is 23.1 Å². The molecule has 0 radical (unpaired) electrons. The lowest BCUT2D eigenvalue weighted by Gasteiger charge is -1.94. The summed E-state index contributed by atoms with van der Waals surface area (Å²) >= 11 is 1.45. The third-order valence-corrected chi connectivity index (χ3v) is 3.10. The van der Waals surface area contributed by atoms with Gasteiger partial charge in [0.25, 0.3) is 0 Å². The van der Waals surface area contributed by atoms with Crippen LogP contribution in [0.25, 0.3) is 5.13 Å². The number of aromatic nitrogens is 3. The Morgan fingerprint density at radius 1 is 1.65 bits per heavy atom. The van der Waals surface area contributed by atoms with Gasteiger partial charge in [-0.05, 0) is 6.42 Å². The number of aryl methyl sites for hydroxylation is 1. The van der Waals surface area contributed by atoms with E-state index < -0.39 is 5.97 Å². The predicted molar refractivity (Wildman–Crippen MR) is 64.4 cm³/mol. The molecule has 90 valence electrons. The summed E-state index contributed by atoms with van der Waals surface area (Å²) in [6, 6.07) is 0. The second-order valence-electron chi connectivity index (χ2n) is 3.34. The van der Waals surface area contributed by atoms with Gasteiger partial charge in [0.1, 0.15) is 0 Å². The summed E-state index contributed by atoms with van der Waals surface area (Å²) in [7, 11) is 1.29. The maximum absolute atomic E-state index is 11.3. The minimum absolute atomic E-state index is 0.112. The van der Waals surface area contributed by atoms with Gasteiger partial charge in [-0.3, -0.25) is 0 Å². The van der Waals surface area contributed by atoms with E-state index in [9.17, 15) is 4.79 Å². The number of nitrogens with two attached hydrogens (primary N) is 1. The molecule has 17 heavy (non-hydrogen) atoms. The van der Waals surface area contributed by atoms with Crippen molar-refractivity contribution in [3.05, 3.63) is 23.0 Å². The molecule has 2 aromatic rings. The molecule has 0 aliphatic rings. The minimum Gasteiger partial charge on any atom is -0.464 e. The van der Waals surface area contributed by atoms with E-state index in [1.165, 1.54) is 23.1 Å². The highest BCUT2D eigenvalue weighted by Crippen LogP contribution is 2.18. The zero-order valence-electron chi connectivity index (χ0n) is 9.51. The summed E-state index contributed by atoms with van der Waals surface area (Å²) in [6.45, 7) is 2.02. The van der Waals surface area contributed by atoms with Crippen LogP contribution in [0.5, 0.6) is 0 Å². The fourth-order valence-electron chi connectivity index (χ4n) is 1.30. The van der Waals surface area contributed by atoms with E-state index in [2.05, 4.69) is 14.8 Å². The molecular formula is C10H12N4O2S. The lowest BCUT2D eigenvalue weighted by Crippen LogP contribution is -2.06. The van der Waals surface area contributed by atoms with Crippen LogP contribution in [0.2, 0.25) is 0 Å². The molecule has 2 N–H and O–H groups in total. The molecule has 0 amide bonds. The van der Waals surface area contributed by atoms with E-state index in [1.54, 1.807) is 6.20 Å². The first-order valence-electron chi connectivity index (χ1n) is 5.04. The first-order valence-corrected chi connectivity index (χ1v) is 5.92. The Labute approximate surface area is 102 Å². The zero-order valence-corrected chi connectivity index (χ0v) is 10.3. The third kappa shape index (κ3) is 2.14. The second-order valence-corrected chi connectivity index (χ2v) is 4.18. The summed E-state index contributed by atoms with van der Waals surface area (Å²) in [6.07, 6.45) is 2.42. The predicted octanol–water partition coefficient (Wildman–Crippen LogP) is 1.26. The molecule has 2 heterocycles. The Bertz CT molecular complexity index is 546. The van der Waals surface area contributed by atoms with E-state index >= 15 is 0 Å². The standard InChI is InChI=1S/C10H12N4O2S/c1-3-6-5-17-10(12-6)14-4-7(11)8(13-14)9(15)16-2/h4-5H,3,11H2,1-2H3. The molecule has 2 rings (SSSR count). The maximum Gasteiger partial charge on any atom is 0.360 e. The molecule has 7 heteroatoms. The molecule has 2 aromatic heterocycles. The number of hydrogen-bond donors (Lipinski definition) is 1. The normalized spacial score (nSPS) is 10.5. The number of thiazole rings is 1. The van der Waals surface area contributed by atoms with E-state index in [4.69, 9.17) is 5.73 Å². The van der Waals surface area contributed by atoms with Crippen LogP contribution >= 0.6 is 11.3 Å². The number of ether oxygens (including phenoxy) is 1. The number of carbonyl (C=O) groups excluding carboxylic acids is 1. The van der Waals surface area contributed by atoms with Gasteiger partial charge in [0, 0.05) is 5.38 Å². The number of nitrogen functional groups attached to an aromatic ring is 1. The first-order chi connectivity index (χ1) is 8.15. The molecule has 0 aliphatic heterocycles. The van der Waals surface area contributed by atoms with Crippen molar-refractivity contribution in [2.75, 3.05) is 12.8 Å². The minimum atomic E-state index is -0.548. The van der Waals surface area contributed by atoms with Crippen molar-refractivity contribution in [1.82, 2.24) is 14.8 Å². The number of anilines is 1. The molecule has 0 aliphatic carbocycles. The SMILES string of the molecule is CCc1csc(-n2cc(N)c(C(=O)OC)n2)n1. The van der Waals surface area contributed by atoms with Crippen LogP contribution in [0.15, 0.2) is 11.6 Å². The highest BCUT2D eigenvalue weighted by molar-refractivity contribution is 7.12. The van der Waals surface area contributed by atoms with E-state index in [0.717, 1.165) is 12.1 Å². The van der Waals surface area contributed by atoms with Gasteiger partial charge in [0.15, 0.2) is 5.69 Å². The van der Waals surface area contributed by atoms with Gasteiger partial charge in [0.05, 0.1) is 24.7 Å². The fourth-order valence-corrected chi connectivity index (χ4v) is 2.14. The van der Waals surface area contributed by atoms with E-state index in [1.807, 2.05) is 12.3 Å². The fraction of sp³-hybridized carbons (Fsp3) is 0.300. The number of carbonyl (C=O) groups is 1. The van der Waals surface area contributed by atoms with Gasteiger partial charge < -0.3 is 10.5 Å². The monoisotopic (exact) mass is 252 g/mol. The average Bonchev–Trinajstić information content (AvgIpc) is 2.94. The van der Waals surface area contributed by atoms with E-state index in [-0.39, 0.29) is 11.4 Å². The molecule has 6 nitrogen and oxygen atoms in total. The Kier molecular flexibility index (Phi) is 3.10. The number of esters is 1. The largest absolute Gasteiger partial charge is 0.464 e. The van der Waals surface area contributed by atoms with Gasteiger partial charge in [-0.15, -0.1) is 11.3 Å². The number of rotatable bonds is 3. The van der Waals surface area contributed by atoms with Gasteiger partial charge in [-0.2, -0.15) is 5.10 Å². The molecular weight excluding hydrogens is 240 g/mol. The molecule has 0 saturated heterocycles. The maximum atomic E-state index is 11.3. The third-order valence-electron chi connectivity index (χ3n) is 2.22. The number of nitrogens with zero attached hydrogens (tertiary/aromatic N) is 3. The molecule has 0 bridgehead atoms. The zero-order chi connectivity index (χ0) is 12.4. The Morgan fingerprint density at radius 3 is 3.00 bits per heavy atom. The van der Waals surface area contributed by atoms with Crippen molar-refractivity contribution in [3.8, 4) is 5.13 Å². The number of methoxy groups -OCH3 is 1. The average molecular weight is 252 g/mol. The first kappa shape index (κ1) is 11.6. The van der Waals surface area contributed by atoms with Crippen molar-refractivity contribution in [3.63, 3.8) is 0 Å². The van der Waals surface area contributed by atoms with Crippen molar-refractivity contribution < 1.29 is 9.53 Å². The van der Waals surface area contributed by atoms with Gasteiger partial charge in [0.2, 0.25) is 5.13 Å². The Hall–Kier alpha value is -1.89. The lowest BCUT2D eigenvalue weighted by atomic mass is 10.4. The molecule has 0 saturated carbocycles. The molecule has 0 spiro atoms. The van der Waals surface area contributed by atoms with Gasteiger partial charge in [-0.25, -0.2) is 14.5 Å². The second kappa shape index (κ2) is 4.54. The van der Waals surface area contributed by atoms with Crippen LogP contribution in [0, 0.1) is 0 Å². The Balaban J connectivity index is 2.37. The molecule has 0 atom stereocenters. The van der Waals surface area contributed by atoms with Crippen LogP contribution in [0.4, 0.5) is 5.69 Å². The Morgan fingerprint density at radius 2 is 2.41 bits per heavy atom.